The molecule has 0 radical (unpaired) electrons. The summed E-state index contributed by atoms with van der Waals surface area (Å²) in [5, 5.41) is 4.02. The summed E-state index contributed by atoms with van der Waals surface area (Å²) >= 11 is 6.47. The fourth-order valence-electron chi connectivity index (χ4n) is 4.02. The second-order valence-electron chi connectivity index (χ2n) is 8.88. The molecule has 0 saturated heterocycles. The highest BCUT2D eigenvalue weighted by Gasteiger charge is 2.24. The Morgan fingerprint density at radius 2 is 1.91 bits per heavy atom. The molecular weight excluding hydrogens is 462 g/mol. The van der Waals surface area contributed by atoms with Crippen LogP contribution in [0.25, 0.3) is 10.9 Å². The lowest BCUT2D eigenvalue weighted by atomic mass is 10.0. The molecular formula is C28H24ClN3O3. The van der Waals surface area contributed by atoms with Crippen LogP contribution in [0.5, 0.6) is 11.5 Å². The van der Waals surface area contributed by atoms with Gasteiger partial charge < -0.3 is 10.1 Å². The molecule has 6 nitrogen and oxygen atoms in total. The van der Waals surface area contributed by atoms with Gasteiger partial charge in [-0.1, -0.05) is 23.7 Å². The van der Waals surface area contributed by atoms with Crippen molar-refractivity contribution in [3.63, 3.8) is 0 Å². The smallest absolute Gasteiger partial charge is 0.257 e. The molecule has 1 aliphatic carbocycles. The van der Waals surface area contributed by atoms with Crippen molar-refractivity contribution in [2.75, 3.05) is 5.32 Å². The van der Waals surface area contributed by atoms with Crippen molar-refractivity contribution in [2.45, 2.75) is 32.6 Å². The number of halogens is 1. The second-order valence-corrected chi connectivity index (χ2v) is 9.29. The van der Waals surface area contributed by atoms with Crippen molar-refractivity contribution >= 4 is 40.0 Å². The average Bonchev–Trinajstić information content (AvgIpc) is 3.65. The third kappa shape index (κ3) is 5.49. The van der Waals surface area contributed by atoms with Crippen LogP contribution in [0.3, 0.4) is 0 Å². The number of hydrogen-bond donors (Lipinski definition) is 1. The summed E-state index contributed by atoms with van der Waals surface area (Å²) in [7, 11) is 0. The Morgan fingerprint density at radius 3 is 2.66 bits per heavy atom. The number of pyridine rings is 2. The number of benzene rings is 2. The first-order chi connectivity index (χ1) is 17.0. The summed E-state index contributed by atoms with van der Waals surface area (Å²) in [6.45, 7) is 1.87. The zero-order valence-corrected chi connectivity index (χ0v) is 20.0. The normalized spacial score (nSPS) is 13.0. The molecule has 2 aromatic heterocycles. The lowest BCUT2D eigenvalue weighted by molar-refractivity contribution is -0.118. The SMILES string of the molecule is Cc1cc2nccc(Oc3ccc(CC(=O)CC4CC4)c(Cl)c3)c2cc1C(=O)Nc1ccccn1. The van der Waals surface area contributed by atoms with Crippen LogP contribution in [0.1, 0.15) is 40.7 Å². The van der Waals surface area contributed by atoms with Gasteiger partial charge in [0.2, 0.25) is 0 Å². The van der Waals surface area contributed by atoms with Crippen LogP contribution < -0.4 is 10.1 Å². The lowest BCUT2D eigenvalue weighted by Crippen LogP contribution is -2.14. The Bertz CT molecular complexity index is 1420. The molecule has 0 unspecified atom stereocenters. The summed E-state index contributed by atoms with van der Waals surface area (Å²) in [5.41, 5.74) is 2.80. The number of fused-ring (bicyclic) bond motifs is 1. The van der Waals surface area contributed by atoms with Crippen LogP contribution in [-0.2, 0) is 11.2 Å². The van der Waals surface area contributed by atoms with Crippen LogP contribution in [-0.4, -0.2) is 21.7 Å². The maximum atomic E-state index is 12.9. The second kappa shape index (κ2) is 9.84. The summed E-state index contributed by atoms with van der Waals surface area (Å²) in [6.07, 6.45) is 6.56. The molecule has 176 valence electrons. The molecule has 1 N–H and O–H groups in total. The molecule has 5 rings (SSSR count). The van der Waals surface area contributed by atoms with Crippen molar-refractivity contribution in [2.24, 2.45) is 5.92 Å². The topological polar surface area (TPSA) is 81.2 Å². The summed E-state index contributed by atoms with van der Waals surface area (Å²) in [5.74, 6) is 2.08. The van der Waals surface area contributed by atoms with Crippen LogP contribution in [0.2, 0.25) is 5.02 Å². The molecule has 2 heterocycles. The molecule has 4 aromatic rings. The van der Waals surface area contributed by atoms with Gasteiger partial charge in [0.15, 0.2) is 0 Å². The van der Waals surface area contributed by atoms with E-state index in [0.717, 1.165) is 24.0 Å². The fourth-order valence-corrected chi connectivity index (χ4v) is 4.25. The zero-order valence-electron chi connectivity index (χ0n) is 19.3. The highest BCUT2D eigenvalue weighted by Crippen LogP contribution is 2.35. The maximum Gasteiger partial charge on any atom is 0.257 e. The number of aryl methyl sites for hydroxylation is 1. The summed E-state index contributed by atoms with van der Waals surface area (Å²) in [6, 6.07) is 16.1. The van der Waals surface area contributed by atoms with E-state index in [1.807, 2.05) is 25.1 Å². The lowest BCUT2D eigenvalue weighted by Gasteiger charge is -2.13. The van der Waals surface area contributed by atoms with Gasteiger partial charge in [-0.2, -0.15) is 0 Å². The van der Waals surface area contributed by atoms with E-state index >= 15 is 0 Å². The van der Waals surface area contributed by atoms with Gasteiger partial charge in [-0.25, -0.2) is 4.98 Å². The van der Waals surface area contributed by atoms with E-state index < -0.39 is 0 Å². The Labute approximate surface area is 208 Å². The van der Waals surface area contributed by atoms with Gasteiger partial charge >= 0.3 is 0 Å². The Kier molecular flexibility index (Phi) is 6.47. The Balaban J connectivity index is 1.39. The van der Waals surface area contributed by atoms with Gasteiger partial charge in [0.1, 0.15) is 23.1 Å². The number of nitrogens with one attached hydrogen (secondary N) is 1. The van der Waals surface area contributed by atoms with E-state index in [0.29, 0.717) is 57.6 Å². The predicted octanol–water partition coefficient (Wildman–Crippen LogP) is 6.55. The Morgan fingerprint density at radius 1 is 1.06 bits per heavy atom. The van der Waals surface area contributed by atoms with Crippen molar-refractivity contribution in [1.29, 1.82) is 0 Å². The largest absolute Gasteiger partial charge is 0.457 e. The van der Waals surface area contributed by atoms with Gasteiger partial charge in [-0.15, -0.1) is 0 Å². The molecule has 7 heteroatoms. The predicted molar refractivity (Wildman–Crippen MR) is 136 cm³/mol. The van der Waals surface area contributed by atoms with E-state index in [4.69, 9.17) is 16.3 Å². The van der Waals surface area contributed by atoms with Gasteiger partial charge in [0.25, 0.3) is 5.91 Å². The molecule has 1 fully saturated rings. The highest BCUT2D eigenvalue weighted by atomic mass is 35.5. The minimum atomic E-state index is -0.263. The van der Waals surface area contributed by atoms with Crippen molar-refractivity contribution < 1.29 is 14.3 Å². The van der Waals surface area contributed by atoms with E-state index in [-0.39, 0.29) is 11.7 Å². The number of Topliss-reactive ketones (excluding diaryl/α,β-unsaturated/α-hetero) is 1. The van der Waals surface area contributed by atoms with Crippen LogP contribution in [0.15, 0.2) is 67.0 Å². The fraction of sp³-hybridized carbons (Fsp3) is 0.214. The van der Waals surface area contributed by atoms with Crippen LogP contribution in [0, 0.1) is 12.8 Å². The molecule has 1 aliphatic rings. The average molecular weight is 486 g/mol. The molecule has 1 saturated carbocycles. The maximum absolute atomic E-state index is 12.9. The minimum absolute atomic E-state index is 0.218. The van der Waals surface area contributed by atoms with Crippen molar-refractivity contribution in [1.82, 2.24) is 9.97 Å². The summed E-state index contributed by atoms with van der Waals surface area (Å²) in [4.78, 5) is 33.8. The zero-order chi connectivity index (χ0) is 24.4. The number of hydrogen-bond acceptors (Lipinski definition) is 5. The molecule has 1 amide bonds. The number of ether oxygens (including phenoxy) is 1. The minimum Gasteiger partial charge on any atom is -0.457 e. The first kappa shape index (κ1) is 23.0. The number of ketones is 1. The molecule has 0 atom stereocenters. The van der Waals surface area contributed by atoms with E-state index in [1.54, 1.807) is 48.8 Å². The number of anilines is 1. The van der Waals surface area contributed by atoms with Gasteiger partial charge in [-0.3, -0.25) is 14.6 Å². The van der Waals surface area contributed by atoms with Crippen molar-refractivity contribution in [3.05, 3.63) is 88.7 Å². The number of nitrogens with zero attached hydrogens (tertiary/aromatic N) is 2. The standard InChI is InChI=1S/C28H24ClN3O3/c1-17-12-25-23(16-22(17)28(34)32-27-4-2-3-10-31-27)26(9-11-30-25)35-21-8-7-19(24(29)15-21)14-20(33)13-18-5-6-18/h2-4,7-12,15-16,18H,5-6,13-14H2,1H3,(H,31,32,34). The van der Waals surface area contributed by atoms with Gasteiger partial charge in [0.05, 0.1) is 5.52 Å². The Hall–Kier alpha value is -3.77. The number of rotatable bonds is 8. The first-order valence-electron chi connectivity index (χ1n) is 11.6. The summed E-state index contributed by atoms with van der Waals surface area (Å²) < 4.78 is 6.15. The quantitative estimate of drug-likeness (QED) is 0.306. The molecule has 0 aliphatic heterocycles. The number of amides is 1. The van der Waals surface area contributed by atoms with Crippen molar-refractivity contribution in [3.8, 4) is 11.5 Å². The highest BCUT2D eigenvalue weighted by molar-refractivity contribution is 6.31. The van der Waals surface area contributed by atoms with Crippen LogP contribution in [0.4, 0.5) is 5.82 Å². The molecule has 0 spiro atoms. The number of carbonyl (C=O) groups is 2. The van der Waals surface area contributed by atoms with E-state index in [2.05, 4.69) is 15.3 Å². The van der Waals surface area contributed by atoms with E-state index in [1.165, 1.54) is 0 Å². The number of carbonyl (C=O) groups excluding carboxylic acids is 2. The molecule has 2 aromatic carbocycles. The molecule has 0 bridgehead atoms. The first-order valence-corrected chi connectivity index (χ1v) is 11.9. The monoisotopic (exact) mass is 485 g/mol. The van der Waals surface area contributed by atoms with Gasteiger partial charge in [0, 0.05) is 41.2 Å². The van der Waals surface area contributed by atoms with Gasteiger partial charge in [-0.05, 0) is 79.3 Å². The van der Waals surface area contributed by atoms with E-state index in [9.17, 15) is 9.59 Å². The van der Waals surface area contributed by atoms with Crippen LogP contribution >= 0.6 is 11.6 Å². The molecule has 35 heavy (non-hydrogen) atoms. The number of aromatic nitrogens is 2. The third-order valence-corrected chi connectivity index (χ3v) is 6.40. The third-order valence-electron chi connectivity index (χ3n) is 6.05.